The van der Waals surface area contributed by atoms with Gasteiger partial charge in [0, 0.05) is 17.9 Å². The first kappa shape index (κ1) is 44.9. The van der Waals surface area contributed by atoms with Crippen molar-refractivity contribution in [2.75, 3.05) is 29.6 Å². The number of hydrogen-bond acceptors (Lipinski definition) is 9. The third kappa shape index (κ3) is 19.7. The zero-order valence-electron chi connectivity index (χ0n) is 33.7. The maximum absolute atomic E-state index is 12.4. The summed E-state index contributed by atoms with van der Waals surface area (Å²) in [5.74, 6) is 1.12. The minimum absolute atomic E-state index is 0.0916. The number of aryl methyl sites for hydroxylation is 1. The van der Waals surface area contributed by atoms with Gasteiger partial charge in [0.15, 0.2) is 0 Å². The van der Waals surface area contributed by atoms with E-state index in [-0.39, 0.29) is 4.90 Å². The van der Waals surface area contributed by atoms with Crippen LogP contribution in [-0.2, 0) is 14.3 Å². The third-order valence-corrected chi connectivity index (χ3v) is 11.2. The van der Waals surface area contributed by atoms with E-state index in [1.807, 2.05) is 30.3 Å². The summed E-state index contributed by atoms with van der Waals surface area (Å²) in [6.45, 7) is 4.77. The molecular weight excluding hydrogens is 693 g/mol. The zero-order chi connectivity index (χ0) is 38.5. The Labute approximate surface area is 328 Å². The van der Waals surface area contributed by atoms with Crippen LogP contribution >= 0.6 is 0 Å². The van der Waals surface area contributed by atoms with Crippen molar-refractivity contribution in [3.05, 3.63) is 66.2 Å². The van der Waals surface area contributed by atoms with Crippen molar-refractivity contribution in [3.8, 4) is 0 Å². The van der Waals surface area contributed by atoms with Gasteiger partial charge in [-0.15, -0.1) is 0 Å². The molecule has 1 aromatic heterocycles. The van der Waals surface area contributed by atoms with E-state index >= 15 is 0 Å². The molecule has 2 aromatic carbocycles. The molecule has 0 radical (unpaired) electrons. The number of para-hydroxylation sites is 1. The smallest absolute Gasteiger partial charge is 0.297 e. The molecule has 0 unspecified atom stereocenters. The quantitative estimate of drug-likeness (QED) is 0.0324. The van der Waals surface area contributed by atoms with E-state index in [1.165, 1.54) is 141 Å². The maximum Gasteiger partial charge on any atom is 0.297 e. The van der Waals surface area contributed by atoms with Gasteiger partial charge in [0.25, 0.3) is 10.1 Å². The number of hydrogen-bond donors (Lipinski definition) is 3. The van der Waals surface area contributed by atoms with Crippen molar-refractivity contribution in [3.63, 3.8) is 0 Å². The Morgan fingerprint density at radius 1 is 0.574 bits per heavy atom. The van der Waals surface area contributed by atoms with E-state index in [0.717, 1.165) is 32.2 Å². The molecule has 3 N–H and O–H groups in total. The highest BCUT2D eigenvalue weighted by Gasteiger charge is 2.17. The second-order valence-corrected chi connectivity index (χ2v) is 16.3. The Morgan fingerprint density at radius 2 is 1.04 bits per heavy atom. The number of unbranched alkanes of at least 4 members (excludes halogenated alkanes) is 21. The van der Waals surface area contributed by atoms with E-state index in [1.54, 1.807) is 19.1 Å². The summed E-state index contributed by atoms with van der Waals surface area (Å²) in [7, 11) is -2.70. The van der Waals surface area contributed by atoms with Crippen molar-refractivity contribution >= 4 is 39.3 Å². The highest BCUT2D eigenvalue weighted by Crippen LogP contribution is 2.25. The van der Waals surface area contributed by atoms with Crippen LogP contribution in [0, 0.1) is 6.92 Å². The Hall–Kier alpha value is -3.50. The summed E-state index contributed by atoms with van der Waals surface area (Å²) in [5.41, 5.74) is 1.96. The number of nitrogens with zero attached hydrogens (tertiary/aromatic N) is 3. The van der Waals surface area contributed by atoms with E-state index in [0.29, 0.717) is 29.1 Å². The van der Waals surface area contributed by atoms with Gasteiger partial charge < -0.3 is 16.0 Å². The lowest BCUT2D eigenvalue weighted by Gasteiger charge is -2.13. The fourth-order valence-corrected chi connectivity index (χ4v) is 7.46. The molecule has 0 aliphatic rings. The maximum atomic E-state index is 12.4. The molecule has 0 saturated heterocycles. The average Bonchev–Trinajstić information content (AvgIpc) is 3.17. The lowest BCUT2D eigenvalue weighted by molar-refractivity contribution is 0.397. The molecule has 1 heterocycles. The highest BCUT2D eigenvalue weighted by atomic mass is 32.2. The summed E-state index contributed by atoms with van der Waals surface area (Å²) in [4.78, 5) is 13.8. The summed E-state index contributed by atoms with van der Waals surface area (Å²) in [6.07, 6.45) is 35.6. The van der Waals surface area contributed by atoms with Crippen molar-refractivity contribution in [2.45, 2.75) is 166 Å². The van der Waals surface area contributed by atoms with Crippen molar-refractivity contribution < 1.29 is 12.6 Å². The highest BCUT2D eigenvalue weighted by molar-refractivity contribution is 7.86. The first-order chi connectivity index (χ1) is 26.4. The Morgan fingerprint density at radius 3 is 1.56 bits per heavy atom. The minimum atomic E-state index is -3.86. The molecule has 0 saturated carbocycles. The number of anilines is 5. The molecule has 0 atom stereocenters. The molecular formula is C44H70N6O3S. The second kappa shape index (κ2) is 28.0. The summed E-state index contributed by atoms with van der Waals surface area (Å²) in [6, 6.07) is 14.7. The topological polar surface area (TPSA) is 118 Å². The van der Waals surface area contributed by atoms with Crippen LogP contribution in [-0.4, -0.2) is 37.0 Å². The van der Waals surface area contributed by atoms with Crippen LogP contribution in [0.5, 0.6) is 0 Å². The molecule has 300 valence electrons. The van der Waals surface area contributed by atoms with Crippen LogP contribution < -0.4 is 16.0 Å². The Kier molecular flexibility index (Phi) is 23.3. The molecule has 9 nitrogen and oxygen atoms in total. The van der Waals surface area contributed by atoms with Gasteiger partial charge in [-0.2, -0.15) is 23.4 Å². The van der Waals surface area contributed by atoms with E-state index in [2.05, 4.69) is 50.0 Å². The monoisotopic (exact) mass is 763 g/mol. The molecule has 0 aliphatic carbocycles. The lowest BCUT2D eigenvalue weighted by atomic mass is 10.0. The number of rotatable bonds is 32. The van der Waals surface area contributed by atoms with Gasteiger partial charge in [0.2, 0.25) is 17.8 Å². The van der Waals surface area contributed by atoms with Gasteiger partial charge in [0.1, 0.15) is 0 Å². The molecule has 0 spiro atoms. The standard InChI is InChI=1S/C44H70N6O3S/c1-4-5-6-7-8-9-10-11-12-13-14-15-16-17-18-19-20-21-22-23-24-25-26-27-31-36-45-42-48-43(46-39-32-29-28-30-33-39)50-44(49-42)47-40-35-34-38(2)41(37-40)54(51,52)53-3/h12-13,28-30,32-35,37H,4-11,14-27,31,36H2,1-3H3,(H3,45,46,47,48,49,50)/b13-12+. The van der Waals surface area contributed by atoms with Crippen LogP contribution in [0.25, 0.3) is 0 Å². The summed E-state index contributed by atoms with van der Waals surface area (Å²) in [5, 5.41) is 9.73. The molecule has 10 heteroatoms. The van der Waals surface area contributed by atoms with Gasteiger partial charge in [-0.05, 0) is 68.9 Å². The zero-order valence-corrected chi connectivity index (χ0v) is 34.5. The predicted molar refractivity (Wildman–Crippen MR) is 228 cm³/mol. The fraction of sp³-hybridized carbons (Fsp3) is 0.614. The van der Waals surface area contributed by atoms with Crippen LogP contribution in [0.15, 0.2) is 65.6 Å². The van der Waals surface area contributed by atoms with Crippen LogP contribution in [0.3, 0.4) is 0 Å². The molecule has 3 rings (SSSR count). The third-order valence-electron chi connectivity index (χ3n) is 9.82. The van der Waals surface area contributed by atoms with Gasteiger partial charge in [0.05, 0.1) is 12.0 Å². The summed E-state index contributed by atoms with van der Waals surface area (Å²) < 4.78 is 29.6. The average molecular weight is 763 g/mol. The predicted octanol–water partition coefficient (Wildman–Crippen LogP) is 13.0. The molecule has 54 heavy (non-hydrogen) atoms. The summed E-state index contributed by atoms with van der Waals surface area (Å²) >= 11 is 0. The van der Waals surface area contributed by atoms with Crippen LogP contribution in [0.1, 0.15) is 160 Å². The van der Waals surface area contributed by atoms with Gasteiger partial charge in [-0.3, -0.25) is 4.18 Å². The number of allylic oxidation sites excluding steroid dienone is 2. The lowest BCUT2D eigenvalue weighted by Crippen LogP contribution is -2.11. The normalized spacial score (nSPS) is 11.7. The molecule has 0 bridgehead atoms. The second-order valence-electron chi connectivity index (χ2n) is 14.6. The van der Waals surface area contributed by atoms with Crippen molar-refractivity contribution in [2.24, 2.45) is 0 Å². The molecule has 0 aliphatic heterocycles. The van der Waals surface area contributed by atoms with Crippen LogP contribution in [0.4, 0.5) is 29.2 Å². The number of benzene rings is 2. The van der Waals surface area contributed by atoms with Gasteiger partial charge in [-0.25, -0.2) is 0 Å². The first-order valence-corrected chi connectivity index (χ1v) is 22.5. The van der Waals surface area contributed by atoms with E-state index in [9.17, 15) is 8.42 Å². The van der Waals surface area contributed by atoms with Crippen molar-refractivity contribution in [1.82, 2.24) is 15.0 Å². The minimum Gasteiger partial charge on any atom is -0.354 e. The number of aromatic nitrogens is 3. The van der Waals surface area contributed by atoms with E-state index < -0.39 is 10.1 Å². The first-order valence-electron chi connectivity index (χ1n) is 21.1. The number of nitrogens with one attached hydrogen (secondary N) is 3. The molecule has 0 amide bonds. The van der Waals surface area contributed by atoms with Crippen molar-refractivity contribution in [1.29, 1.82) is 0 Å². The Balaban J connectivity index is 1.23. The Bertz CT molecular complexity index is 1550. The van der Waals surface area contributed by atoms with Gasteiger partial charge in [-0.1, -0.05) is 159 Å². The molecule has 3 aromatic rings. The van der Waals surface area contributed by atoms with Crippen LogP contribution in [0.2, 0.25) is 0 Å². The largest absolute Gasteiger partial charge is 0.354 e. The van der Waals surface area contributed by atoms with E-state index in [4.69, 9.17) is 4.18 Å². The molecule has 0 fully saturated rings. The SMILES string of the molecule is CCCCCCCCC/C=C/CCCCCCCCCCCCCCCCNc1nc(Nc2ccccc2)nc(Nc2ccc(C)c(S(=O)(=O)OC)c2)n1. The van der Waals surface area contributed by atoms with Gasteiger partial charge >= 0.3 is 0 Å². The fourth-order valence-electron chi connectivity index (χ4n) is 6.55.